The van der Waals surface area contributed by atoms with Crippen LogP contribution in [0.15, 0.2) is 58.8 Å². The van der Waals surface area contributed by atoms with E-state index in [1.54, 1.807) is 12.1 Å². The molecule has 0 atom stereocenters. The second kappa shape index (κ2) is 6.29. The second-order valence-electron chi connectivity index (χ2n) is 4.74. The Hall–Kier alpha value is -1.93. The normalized spacial score (nSPS) is 11.4. The van der Waals surface area contributed by atoms with Gasteiger partial charge < -0.3 is 5.32 Å². The molecule has 23 heavy (non-hydrogen) atoms. The quantitative estimate of drug-likeness (QED) is 0.735. The Morgan fingerprint density at radius 1 is 1.04 bits per heavy atom. The molecule has 0 aliphatic carbocycles. The van der Waals surface area contributed by atoms with Gasteiger partial charge in [-0.1, -0.05) is 23.7 Å². The van der Waals surface area contributed by atoms with Crippen molar-refractivity contribution in [3.63, 3.8) is 0 Å². The predicted molar refractivity (Wildman–Crippen MR) is 93.7 cm³/mol. The van der Waals surface area contributed by atoms with E-state index in [9.17, 15) is 8.42 Å². The second-order valence-corrected chi connectivity index (χ2v) is 7.60. The molecule has 5 nitrogen and oxygen atoms in total. The van der Waals surface area contributed by atoms with Crippen molar-refractivity contribution in [2.45, 2.75) is 4.90 Å². The van der Waals surface area contributed by atoms with E-state index in [-0.39, 0.29) is 4.90 Å². The molecule has 0 fully saturated rings. The highest BCUT2D eigenvalue weighted by Crippen LogP contribution is 2.28. The number of hydrogen-bond donors (Lipinski definition) is 2. The van der Waals surface area contributed by atoms with Crippen LogP contribution in [0.4, 0.5) is 10.8 Å². The Labute approximate surface area is 142 Å². The molecule has 0 saturated heterocycles. The minimum Gasteiger partial charge on any atom is -0.332 e. The monoisotopic (exact) mass is 365 g/mol. The minimum atomic E-state index is -3.68. The van der Waals surface area contributed by atoms with E-state index in [1.165, 1.54) is 23.5 Å². The van der Waals surface area contributed by atoms with Gasteiger partial charge in [0, 0.05) is 21.7 Å². The van der Waals surface area contributed by atoms with E-state index in [2.05, 4.69) is 10.3 Å². The summed E-state index contributed by atoms with van der Waals surface area (Å²) in [6, 6.07) is 13.6. The van der Waals surface area contributed by atoms with Crippen molar-refractivity contribution in [3.8, 4) is 11.3 Å². The number of rotatable bonds is 4. The molecule has 2 aromatic carbocycles. The molecule has 1 heterocycles. The fourth-order valence-corrected chi connectivity index (χ4v) is 3.32. The number of primary sulfonamides is 1. The van der Waals surface area contributed by atoms with Crippen molar-refractivity contribution in [1.29, 1.82) is 0 Å². The molecule has 0 unspecified atom stereocenters. The Morgan fingerprint density at radius 2 is 1.70 bits per heavy atom. The summed E-state index contributed by atoms with van der Waals surface area (Å²) in [4.78, 5) is 4.57. The summed E-state index contributed by atoms with van der Waals surface area (Å²) in [5.41, 5.74) is 2.55. The van der Waals surface area contributed by atoms with Crippen LogP contribution in [-0.2, 0) is 10.0 Å². The molecule has 0 aliphatic heterocycles. The van der Waals surface area contributed by atoms with E-state index >= 15 is 0 Å². The molecule has 0 aliphatic rings. The number of thiazole rings is 1. The molecule has 0 saturated carbocycles. The van der Waals surface area contributed by atoms with Crippen LogP contribution in [0, 0.1) is 0 Å². The highest BCUT2D eigenvalue weighted by atomic mass is 35.5. The van der Waals surface area contributed by atoms with Gasteiger partial charge in [-0.3, -0.25) is 0 Å². The summed E-state index contributed by atoms with van der Waals surface area (Å²) >= 11 is 7.33. The zero-order valence-corrected chi connectivity index (χ0v) is 14.1. The first kappa shape index (κ1) is 15.9. The van der Waals surface area contributed by atoms with Crippen LogP contribution in [0.1, 0.15) is 0 Å². The standard InChI is InChI=1S/C15H12ClN3O2S2/c16-11-3-1-10(2-4-11)14-9-22-15(19-14)18-12-5-7-13(8-6-12)23(17,20)21/h1-9H,(H,18,19)(H2,17,20,21). The number of halogens is 1. The SMILES string of the molecule is NS(=O)(=O)c1ccc(Nc2nc(-c3ccc(Cl)cc3)cs2)cc1. The van der Waals surface area contributed by atoms with Crippen molar-refractivity contribution in [2.24, 2.45) is 5.14 Å². The summed E-state index contributed by atoms with van der Waals surface area (Å²) in [5.74, 6) is 0. The third kappa shape index (κ3) is 3.89. The number of nitrogens with two attached hydrogens (primary N) is 1. The maximum absolute atomic E-state index is 11.2. The van der Waals surface area contributed by atoms with E-state index in [0.717, 1.165) is 16.9 Å². The first-order valence-electron chi connectivity index (χ1n) is 6.53. The summed E-state index contributed by atoms with van der Waals surface area (Å²) < 4.78 is 22.4. The maximum atomic E-state index is 11.2. The molecule has 8 heteroatoms. The largest absolute Gasteiger partial charge is 0.332 e. The minimum absolute atomic E-state index is 0.0732. The maximum Gasteiger partial charge on any atom is 0.238 e. The number of nitrogens with one attached hydrogen (secondary N) is 1. The summed E-state index contributed by atoms with van der Waals surface area (Å²) in [6.45, 7) is 0. The molecule has 0 spiro atoms. The number of hydrogen-bond acceptors (Lipinski definition) is 5. The molecule has 3 aromatic rings. The van der Waals surface area contributed by atoms with E-state index < -0.39 is 10.0 Å². The van der Waals surface area contributed by atoms with Gasteiger partial charge in [0.15, 0.2) is 5.13 Å². The van der Waals surface area contributed by atoms with Gasteiger partial charge in [0.05, 0.1) is 10.6 Å². The first-order valence-corrected chi connectivity index (χ1v) is 9.33. The molecule has 3 rings (SSSR count). The fraction of sp³-hybridized carbons (Fsp3) is 0. The van der Waals surface area contributed by atoms with Crippen molar-refractivity contribution < 1.29 is 8.42 Å². The number of benzene rings is 2. The predicted octanol–water partition coefficient (Wildman–Crippen LogP) is 3.85. The molecule has 118 valence electrons. The Morgan fingerprint density at radius 3 is 2.30 bits per heavy atom. The van der Waals surface area contributed by atoms with Crippen molar-refractivity contribution in [2.75, 3.05) is 5.32 Å². The number of nitrogens with zero attached hydrogens (tertiary/aromatic N) is 1. The lowest BCUT2D eigenvalue weighted by atomic mass is 10.2. The van der Waals surface area contributed by atoms with Crippen LogP contribution >= 0.6 is 22.9 Å². The molecular weight excluding hydrogens is 354 g/mol. The lowest BCUT2D eigenvalue weighted by molar-refractivity contribution is 0.598. The van der Waals surface area contributed by atoms with Crippen LogP contribution in [-0.4, -0.2) is 13.4 Å². The van der Waals surface area contributed by atoms with Gasteiger partial charge in [-0.15, -0.1) is 11.3 Å². The lowest BCUT2D eigenvalue weighted by Gasteiger charge is -2.03. The van der Waals surface area contributed by atoms with Crippen LogP contribution in [0.3, 0.4) is 0 Å². The molecule has 0 bridgehead atoms. The van der Waals surface area contributed by atoms with Gasteiger partial charge in [0.1, 0.15) is 0 Å². The number of sulfonamides is 1. The Kier molecular flexibility index (Phi) is 4.36. The highest BCUT2D eigenvalue weighted by Gasteiger charge is 2.08. The Bertz CT molecular complexity index is 920. The van der Waals surface area contributed by atoms with Crippen molar-refractivity contribution >= 4 is 43.8 Å². The van der Waals surface area contributed by atoms with Crippen LogP contribution in [0.5, 0.6) is 0 Å². The molecule has 0 amide bonds. The van der Waals surface area contributed by atoms with Crippen LogP contribution in [0.25, 0.3) is 11.3 Å². The topological polar surface area (TPSA) is 85.1 Å². The lowest BCUT2D eigenvalue weighted by Crippen LogP contribution is -2.11. The number of aromatic nitrogens is 1. The molecule has 1 aromatic heterocycles. The van der Waals surface area contributed by atoms with Gasteiger partial charge in [0.25, 0.3) is 0 Å². The zero-order valence-electron chi connectivity index (χ0n) is 11.7. The molecular formula is C15H12ClN3O2S2. The molecule has 3 N–H and O–H groups in total. The van der Waals surface area contributed by atoms with Crippen LogP contribution < -0.4 is 10.5 Å². The summed E-state index contributed by atoms with van der Waals surface area (Å²) in [5, 5.41) is 11.5. The third-order valence-corrected chi connectivity index (χ3v) is 5.02. The van der Waals surface area contributed by atoms with Crippen molar-refractivity contribution in [1.82, 2.24) is 4.98 Å². The Balaban J connectivity index is 1.78. The number of anilines is 2. The van der Waals surface area contributed by atoms with E-state index in [0.29, 0.717) is 10.2 Å². The zero-order chi connectivity index (χ0) is 16.4. The first-order chi connectivity index (χ1) is 10.9. The van der Waals surface area contributed by atoms with Gasteiger partial charge in [0.2, 0.25) is 10.0 Å². The smallest absolute Gasteiger partial charge is 0.238 e. The van der Waals surface area contributed by atoms with Gasteiger partial charge in [-0.2, -0.15) is 0 Å². The summed E-state index contributed by atoms with van der Waals surface area (Å²) in [6.07, 6.45) is 0. The van der Waals surface area contributed by atoms with E-state index in [1.807, 2.05) is 29.6 Å². The fourth-order valence-electron chi connectivity index (χ4n) is 1.94. The van der Waals surface area contributed by atoms with Gasteiger partial charge >= 0.3 is 0 Å². The van der Waals surface area contributed by atoms with Crippen LogP contribution in [0.2, 0.25) is 5.02 Å². The highest BCUT2D eigenvalue weighted by molar-refractivity contribution is 7.89. The average molecular weight is 366 g/mol. The van der Waals surface area contributed by atoms with Crippen molar-refractivity contribution in [3.05, 3.63) is 58.9 Å². The average Bonchev–Trinajstić information content (AvgIpc) is 2.96. The van der Waals surface area contributed by atoms with Gasteiger partial charge in [-0.25, -0.2) is 18.5 Å². The molecule has 0 radical (unpaired) electrons. The third-order valence-electron chi connectivity index (χ3n) is 3.08. The van der Waals surface area contributed by atoms with Gasteiger partial charge in [-0.05, 0) is 36.4 Å². The summed E-state index contributed by atoms with van der Waals surface area (Å²) in [7, 11) is -3.68. The van der Waals surface area contributed by atoms with E-state index in [4.69, 9.17) is 16.7 Å².